The van der Waals surface area contributed by atoms with Crippen LogP contribution in [0.15, 0.2) is 47.4 Å². The summed E-state index contributed by atoms with van der Waals surface area (Å²) in [6.07, 6.45) is -1.20. The molecule has 1 saturated heterocycles. The lowest BCUT2D eigenvalue weighted by molar-refractivity contribution is -0.144. The first kappa shape index (κ1) is 27.4. The van der Waals surface area contributed by atoms with Crippen LogP contribution >= 0.6 is 23.2 Å². The van der Waals surface area contributed by atoms with Crippen molar-refractivity contribution in [1.82, 2.24) is 4.90 Å². The predicted octanol–water partition coefficient (Wildman–Crippen LogP) is 2.74. The molecule has 0 bridgehead atoms. The first-order valence-electron chi connectivity index (χ1n) is 11.1. The Morgan fingerprint density at radius 3 is 2.54 bits per heavy atom. The highest BCUT2D eigenvalue weighted by Gasteiger charge is 2.34. The predicted molar refractivity (Wildman–Crippen MR) is 136 cm³/mol. The first-order valence-corrected chi connectivity index (χ1v) is 13.2. The maximum Gasteiger partial charge on any atom is 0.319 e. The number of piperazine rings is 1. The number of amides is 1. The Balaban J connectivity index is 1.66. The lowest BCUT2D eigenvalue weighted by Crippen LogP contribution is -2.59. The molecule has 0 aliphatic carbocycles. The second-order valence-corrected chi connectivity index (χ2v) is 10.6. The summed E-state index contributed by atoms with van der Waals surface area (Å²) in [6.45, 7) is 4.25. The van der Waals surface area contributed by atoms with E-state index in [0.29, 0.717) is 23.7 Å². The Kier molecular flexibility index (Phi) is 9.54. The molecule has 190 valence electrons. The number of carbonyl (C=O) groups excluding carboxylic acids is 2. The van der Waals surface area contributed by atoms with Gasteiger partial charge in [0.2, 0.25) is 0 Å². The van der Waals surface area contributed by atoms with E-state index in [-0.39, 0.29) is 27.9 Å². The second-order valence-electron chi connectivity index (χ2n) is 8.31. The topological polar surface area (TPSA) is 107 Å². The minimum atomic E-state index is -1.80. The fourth-order valence-electron chi connectivity index (χ4n) is 3.90. The number of rotatable bonds is 8. The van der Waals surface area contributed by atoms with Gasteiger partial charge in [-0.3, -0.25) is 13.8 Å². The quantitative estimate of drug-likeness (QED) is 0.493. The first-order chi connectivity index (χ1) is 16.6. The Hall–Kier alpha value is -2.17. The Labute approximate surface area is 216 Å². The second kappa shape index (κ2) is 12.2. The minimum absolute atomic E-state index is 0.0452. The van der Waals surface area contributed by atoms with Gasteiger partial charge in [0.25, 0.3) is 5.91 Å². The van der Waals surface area contributed by atoms with E-state index in [9.17, 15) is 18.9 Å². The molecule has 35 heavy (non-hydrogen) atoms. The maximum absolute atomic E-state index is 13.3. The molecule has 0 radical (unpaired) electrons. The van der Waals surface area contributed by atoms with Crippen LogP contribution in [0.5, 0.6) is 0 Å². The van der Waals surface area contributed by atoms with Crippen molar-refractivity contribution in [3.8, 4) is 0 Å². The largest absolute Gasteiger partial charge is 0.462 e. The van der Waals surface area contributed by atoms with Gasteiger partial charge in [-0.1, -0.05) is 29.3 Å². The average Bonchev–Trinajstić information content (AvgIpc) is 2.83. The number of aliphatic hydroxyl groups is 2. The van der Waals surface area contributed by atoms with E-state index in [1.807, 2.05) is 31.2 Å². The van der Waals surface area contributed by atoms with Gasteiger partial charge in [0.15, 0.2) is 0 Å². The number of hydrogen-bond acceptors (Lipinski definition) is 7. The van der Waals surface area contributed by atoms with Gasteiger partial charge in [-0.15, -0.1) is 0 Å². The van der Waals surface area contributed by atoms with Crippen molar-refractivity contribution in [2.45, 2.75) is 36.9 Å². The van der Waals surface area contributed by atoms with Crippen molar-refractivity contribution >= 4 is 51.6 Å². The molecule has 1 amide bonds. The molecule has 0 aromatic heterocycles. The summed E-state index contributed by atoms with van der Waals surface area (Å²) in [5, 5.41) is 18.8. The highest BCUT2D eigenvalue weighted by atomic mass is 35.5. The van der Waals surface area contributed by atoms with Gasteiger partial charge < -0.3 is 24.7 Å². The van der Waals surface area contributed by atoms with Gasteiger partial charge >= 0.3 is 5.97 Å². The van der Waals surface area contributed by atoms with Gasteiger partial charge in [0.05, 0.1) is 27.3 Å². The lowest BCUT2D eigenvalue weighted by atomic mass is 10.0. The smallest absolute Gasteiger partial charge is 0.319 e. The molecule has 2 aromatic carbocycles. The summed E-state index contributed by atoms with van der Waals surface area (Å²) in [7, 11) is -1.80. The van der Waals surface area contributed by atoms with Gasteiger partial charge in [-0.05, 0) is 50.2 Å². The van der Waals surface area contributed by atoms with E-state index < -0.39 is 41.8 Å². The summed E-state index contributed by atoms with van der Waals surface area (Å²) >= 11 is 12.5. The van der Waals surface area contributed by atoms with E-state index in [1.165, 1.54) is 12.1 Å². The van der Waals surface area contributed by atoms with Crippen LogP contribution in [0.1, 0.15) is 24.2 Å². The molecule has 1 heterocycles. The number of carbonyl (C=O) groups is 2. The third kappa shape index (κ3) is 6.74. The number of halogens is 2. The average molecular weight is 543 g/mol. The van der Waals surface area contributed by atoms with Crippen LogP contribution in [0.4, 0.5) is 5.69 Å². The van der Waals surface area contributed by atoms with Crippen molar-refractivity contribution in [2.75, 3.05) is 37.0 Å². The monoisotopic (exact) mass is 542 g/mol. The van der Waals surface area contributed by atoms with E-state index in [1.54, 1.807) is 11.0 Å². The van der Waals surface area contributed by atoms with E-state index in [4.69, 9.17) is 33.0 Å². The molecular weight excluding hydrogens is 515 g/mol. The molecule has 1 aliphatic heterocycles. The van der Waals surface area contributed by atoms with Crippen molar-refractivity contribution in [3.63, 3.8) is 0 Å². The molecule has 8 nitrogen and oxygen atoms in total. The summed E-state index contributed by atoms with van der Waals surface area (Å²) in [4.78, 5) is 29.3. The van der Waals surface area contributed by atoms with Crippen LogP contribution in [0, 0.1) is 0 Å². The molecule has 11 heteroatoms. The van der Waals surface area contributed by atoms with Gasteiger partial charge in [-0.25, -0.2) is 0 Å². The van der Waals surface area contributed by atoms with Crippen LogP contribution in [-0.2, 0) is 20.3 Å². The Morgan fingerprint density at radius 1 is 1.14 bits per heavy atom. The standard InChI is InChI=1S/C24H28Cl2N2O6S/c1-15-16(2)28(9-8-27(15)19-5-3-4-18(25)11-19)24(32)17-6-7-22(21(26)10-17)35(33)14-23(31)34-13-20(30)12-29/h3-7,10-11,15-16,20,29-30H,8-9,12-14H2,1-2H3/t15-,16-,20?,35?/m0/s1. The molecule has 3 rings (SSSR count). The highest BCUT2D eigenvalue weighted by Crippen LogP contribution is 2.28. The molecule has 1 aliphatic rings. The number of esters is 1. The van der Waals surface area contributed by atoms with Crippen molar-refractivity contribution in [2.24, 2.45) is 0 Å². The van der Waals surface area contributed by atoms with Crippen LogP contribution in [-0.4, -0.2) is 81.4 Å². The van der Waals surface area contributed by atoms with Crippen LogP contribution in [0.2, 0.25) is 10.0 Å². The fourth-order valence-corrected chi connectivity index (χ4v) is 5.47. The highest BCUT2D eigenvalue weighted by molar-refractivity contribution is 7.85. The molecule has 1 fully saturated rings. The number of aliphatic hydroxyl groups excluding tert-OH is 2. The minimum Gasteiger partial charge on any atom is -0.462 e. The zero-order valence-electron chi connectivity index (χ0n) is 19.4. The van der Waals surface area contributed by atoms with Crippen molar-refractivity contribution < 1.29 is 28.7 Å². The molecule has 2 N–H and O–H groups in total. The molecule has 4 atom stereocenters. The van der Waals surface area contributed by atoms with Gasteiger partial charge in [0, 0.05) is 41.4 Å². The molecule has 0 saturated carbocycles. The number of anilines is 1. The molecule has 0 spiro atoms. The summed E-state index contributed by atoms with van der Waals surface area (Å²) < 4.78 is 17.3. The van der Waals surface area contributed by atoms with Crippen LogP contribution in [0.3, 0.4) is 0 Å². The number of nitrogens with zero attached hydrogens (tertiary/aromatic N) is 2. The number of hydrogen-bond donors (Lipinski definition) is 2. The third-order valence-electron chi connectivity index (χ3n) is 5.98. The summed E-state index contributed by atoms with van der Waals surface area (Å²) in [6, 6.07) is 12.1. The normalized spacial score (nSPS) is 19.8. The molecule has 2 unspecified atom stereocenters. The summed E-state index contributed by atoms with van der Waals surface area (Å²) in [5.74, 6) is -1.45. The maximum atomic E-state index is 13.3. The van der Waals surface area contributed by atoms with Gasteiger partial charge in [0.1, 0.15) is 18.5 Å². The van der Waals surface area contributed by atoms with E-state index in [0.717, 1.165) is 5.69 Å². The molecule has 2 aromatic rings. The summed E-state index contributed by atoms with van der Waals surface area (Å²) in [5.41, 5.74) is 1.36. The van der Waals surface area contributed by atoms with Gasteiger partial charge in [-0.2, -0.15) is 0 Å². The lowest BCUT2D eigenvalue weighted by Gasteiger charge is -2.46. The zero-order chi connectivity index (χ0) is 25.7. The van der Waals surface area contributed by atoms with Crippen molar-refractivity contribution in [1.29, 1.82) is 0 Å². The van der Waals surface area contributed by atoms with E-state index in [2.05, 4.69) is 11.8 Å². The zero-order valence-corrected chi connectivity index (χ0v) is 21.7. The third-order valence-corrected chi connectivity index (χ3v) is 7.99. The van der Waals surface area contributed by atoms with E-state index >= 15 is 0 Å². The number of benzene rings is 2. The Bertz CT molecular complexity index is 1100. The fraction of sp³-hybridized carbons (Fsp3) is 0.417. The Morgan fingerprint density at radius 2 is 1.89 bits per heavy atom. The van der Waals surface area contributed by atoms with Crippen molar-refractivity contribution in [3.05, 3.63) is 58.1 Å². The van der Waals surface area contributed by atoms with Crippen LogP contribution < -0.4 is 4.90 Å². The van der Waals surface area contributed by atoms with Crippen LogP contribution in [0.25, 0.3) is 0 Å². The molecular formula is C24H28Cl2N2O6S. The SMILES string of the molecule is C[C@H]1[C@H](C)N(c2cccc(Cl)c2)CCN1C(=O)c1ccc(S(=O)CC(=O)OCC(O)CO)c(Cl)c1. The number of ether oxygens (including phenoxy) is 1.